The molecule has 1 amide bonds. The molecule has 154 valence electrons. The number of hydrogen-bond acceptors (Lipinski definition) is 4. The van der Waals surface area contributed by atoms with Crippen molar-refractivity contribution in [3.8, 4) is 11.3 Å². The van der Waals surface area contributed by atoms with Crippen molar-refractivity contribution in [3.05, 3.63) is 71.3 Å². The number of halogens is 3. The molecule has 8 heteroatoms. The summed E-state index contributed by atoms with van der Waals surface area (Å²) in [7, 11) is 0. The first-order chi connectivity index (χ1) is 14.5. The normalized spacial score (nSPS) is 14.6. The molecule has 2 aromatic carbocycles. The van der Waals surface area contributed by atoms with Crippen molar-refractivity contribution in [1.29, 1.82) is 0 Å². The van der Waals surface area contributed by atoms with Crippen LogP contribution in [0.2, 0.25) is 5.02 Å². The van der Waals surface area contributed by atoms with E-state index in [-0.39, 0.29) is 22.7 Å². The molecular formula is C22H19ClF2N4O. The fourth-order valence-corrected chi connectivity index (χ4v) is 3.67. The first-order valence-corrected chi connectivity index (χ1v) is 9.98. The first-order valence-electron chi connectivity index (χ1n) is 9.60. The summed E-state index contributed by atoms with van der Waals surface area (Å²) in [6.45, 7) is 1.33. The highest BCUT2D eigenvalue weighted by Crippen LogP contribution is 2.25. The molecule has 3 aromatic rings. The van der Waals surface area contributed by atoms with E-state index in [2.05, 4.69) is 20.4 Å². The molecule has 1 saturated heterocycles. The third-order valence-electron chi connectivity index (χ3n) is 5.15. The van der Waals surface area contributed by atoms with Crippen LogP contribution in [0, 0.1) is 17.6 Å². The van der Waals surface area contributed by atoms with Gasteiger partial charge in [-0.2, -0.15) is 0 Å². The summed E-state index contributed by atoms with van der Waals surface area (Å²) < 4.78 is 26.6. The fourth-order valence-electron chi connectivity index (χ4n) is 3.48. The van der Waals surface area contributed by atoms with Gasteiger partial charge in [0.1, 0.15) is 11.6 Å². The Morgan fingerprint density at radius 1 is 1.03 bits per heavy atom. The number of carbonyl (C=O) groups excluding carboxylic acids is 1. The summed E-state index contributed by atoms with van der Waals surface area (Å²) in [6, 6.07) is 14.0. The number of aromatic nitrogens is 2. The summed E-state index contributed by atoms with van der Waals surface area (Å²) in [6.07, 6.45) is 1.32. The van der Waals surface area contributed by atoms with Gasteiger partial charge < -0.3 is 10.2 Å². The number of benzene rings is 2. The minimum atomic E-state index is -0.521. The van der Waals surface area contributed by atoms with Crippen LogP contribution in [0.4, 0.5) is 20.3 Å². The van der Waals surface area contributed by atoms with Crippen molar-refractivity contribution < 1.29 is 13.6 Å². The summed E-state index contributed by atoms with van der Waals surface area (Å²) in [5, 5.41) is 11.2. The van der Waals surface area contributed by atoms with Gasteiger partial charge in [-0.3, -0.25) is 4.79 Å². The van der Waals surface area contributed by atoms with Gasteiger partial charge in [0.2, 0.25) is 5.91 Å². The molecule has 5 nitrogen and oxygen atoms in total. The molecule has 0 bridgehead atoms. The fraction of sp³-hybridized carbons (Fsp3) is 0.227. The minimum Gasteiger partial charge on any atom is -0.355 e. The Labute approximate surface area is 177 Å². The molecule has 0 saturated carbocycles. The topological polar surface area (TPSA) is 58.1 Å². The van der Waals surface area contributed by atoms with Crippen molar-refractivity contribution in [3.63, 3.8) is 0 Å². The largest absolute Gasteiger partial charge is 0.355 e. The highest BCUT2D eigenvalue weighted by molar-refractivity contribution is 6.31. The summed E-state index contributed by atoms with van der Waals surface area (Å²) >= 11 is 5.76. The summed E-state index contributed by atoms with van der Waals surface area (Å²) in [4.78, 5) is 14.6. The SMILES string of the molecule is O=C(Nc1ccc(F)c(Cl)c1)C1CCN(c2ccc(-c3cccc(F)c3)nn2)CC1. The average Bonchev–Trinajstić information content (AvgIpc) is 2.76. The molecule has 0 radical (unpaired) electrons. The minimum absolute atomic E-state index is 0.0251. The maximum absolute atomic E-state index is 13.4. The Balaban J connectivity index is 1.34. The molecule has 1 aliphatic heterocycles. The molecule has 30 heavy (non-hydrogen) atoms. The number of amides is 1. The van der Waals surface area contributed by atoms with E-state index in [1.807, 2.05) is 12.1 Å². The summed E-state index contributed by atoms with van der Waals surface area (Å²) in [5.74, 6) is -0.372. The highest BCUT2D eigenvalue weighted by atomic mass is 35.5. The number of rotatable bonds is 4. The van der Waals surface area contributed by atoms with Crippen LogP contribution in [-0.4, -0.2) is 29.2 Å². The van der Waals surface area contributed by atoms with Crippen molar-refractivity contribution in [2.75, 3.05) is 23.3 Å². The van der Waals surface area contributed by atoms with Gasteiger partial charge in [0.15, 0.2) is 5.82 Å². The molecule has 0 spiro atoms. The van der Waals surface area contributed by atoms with Crippen LogP contribution >= 0.6 is 11.6 Å². The Morgan fingerprint density at radius 3 is 2.50 bits per heavy atom. The Hall–Kier alpha value is -3.06. The lowest BCUT2D eigenvalue weighted by atomic mass is 9.96. The molecule has 2 heterocycles. The number of carbonyl (C=O) groups is 1. The molecule has 0 atom stereocenters. The number of hydrogen-bond donors (Lipinski definition) is 1. The van der Waals surface area contributed by atoms with Gasteiger partial charge in [-0.15, -0.1) is 10.2 Å². The smallest absolute Gasteiger partial charge is 0.227 e. The van der Waals surface area contributed by atoms with E-state index in [1.54, 1.807) is 12.1 Å². The summed E-state index contributed by atoms with van der Waals surface area (Å²) in [5.41, 5.74) is 1.75. The van der Waals surface area contributed by atoms with Crippen LogP contribution in [0.25, 0.3) is 11.3 Å². The first kappa shape index (κ1) is 20.2. The number of piperidine rings is 1. The maximum Gasteiger partial charge on any atom is 0.227 e. The lowest BCUT2D eigenvalue weighted by Gasteiger charge is -2.31. The number of nitrogens with zero attached hydrogens (tertiary/aromatic N) is 3. The number of nitrogens with one attached hydrogen (secondary N) is 1. The van der Waals surface area contributed by atoms with E-state index in [0.717, 1.165) is 5.82 Å². The molecule has 0 aliphatic carbocycles. The highest BCUT2D eigenvalue weighted by Gasteiger charge is 2.26. The predicted octanol–water partition coefficient (Wildman–Crippen LogP) is 4.93. The molecule has 1 N–H and O–H groups in total. The van der Waals surface area contributed by atoms with Crippen LogP contribution < -0.4 is 10.2 Å². The predicted molar refractivity (Wildman–Crippen MR) is 112 cm³/mol. The second-order valence-electron chi connectivity index (χ2n) is 7.17. The zero-order chi connectivity index (χ0) is 21.1. The van der Waals surface area contributed by atoms with Gasteiger partial charge in [0.05, 0.1) is 10.7 Å². The van der Waals surface area contributed by atoms with Crippen molar-refractivity contribution in [2.45, 2.75) is 12.8 Å². The zero-order valence-electron chi connectivity index (χ0n) is 16.0. The molecule has 1 aromatic heterocycles. The Kier molecular flexibility index (Phi) is 5.90. The van der Waals surface area contributed by atoms with E-state index >= 15 is 0 Å². The van der Waals surface area contributed by atoms with Gasteiger partial charge in [0, 0.05) is 30.3 Å². The third kappa shape index (κ3) is 4.57. The van der Waals surface area contributed by atoms with Crippen LogP contribution in [-0.2, 0) is 4.79 Å². The average molecular weight is 429 g/mol. The van der Waals surface area contributed by atoms with E-state index in [1.165, 1.54) is 30.3 Å². The molecule has 1 fully saturated rings. The van der Waals surface area contributed by atoms with Crippen LogP contribution in [0.3, 0.4) is 0 Å². The van der Waals surface area contributed by atoms with Gasteiger partial charge in [-0.1, -0.05) is 23.7 Å². The van der Waals surface area contributed by atoms with E-state index in [9.17, 15) is 13.6 Å². The maximum atomic E-state index is 13.4. The lowest BCUT2D eigenvalue weighted by Crippen LogP contribution is -2.38. The van der Waals surface area contributed by atoms with Crippen LogP contribution in [0.5, 0.6) is 0 Å². The Morgan fingerprint density at radius 2 is 1.83 bits per heavy atom. The van der Waals surface area contributed by atoms with Gasteiger partial charge in [-0.05, 0) is 55.3 Å². The third-order valence-corrected chi connectivity index (χ3v) is 5.44. The second-order valence-corrected chi connectivity index (χ2v) is 7.57. The van der Waals surface area contributed by atoms with E-state index in [4.69, 9.17) is 11.6 Å². The monoisotopic (exact) mass is 428 g/mol. The molecule has 0 unspecified atom stereocenters. The van der Waals surface area contributed by atoms with Crippen molar-refractivity contribution in [1.82, 2.24) is 10.2 Å². The van der Waals surface area contributed by atoms with Gasteiger partial charge in [0.25, 0.3) is 0 Å². The zero-order valence-corrected chi connectivity index (χ0v) is 16.7. The van der Waals surface area contributed by atoms with Crippen LogP contribution in [0.1, 0.15) is 12.8 Å². The van der Waals surface area contributed by atoms with E-state index < -0.39 is 5.82 Å². The van der Waals surface area contributed by atoms with Crippen molar-refractivity contribution in [2.24, 2.45) is 5.92 Å². The van der Waals surface area contributed by atoms with Crippen molar-refractivity contribution >= 4 is 29.0 Å². The second kappa shape index (κ2) is 8.75. The van der Waals surface area contributed by atoms with Crippen LogP contribution in [0.15, 0.2) is 54.6 Å². The molecule has 1 aliphatic rings. The van der Waals surface area contributed by atoms with Gasteiger partial charge in [-0.25, -0.2) is 8.78 Å². The quantitative estimate of drug-likeness (QED) is 0.640. The number of anilines is 2. The standard InChI is InChI=1S/C22H19ClF2N4O/c23-18-13-17(4-5-19(18)25)26-22(30)14-8-10-29(11-9-14)21-7-6-20(27-28-21)15-2-1-3-16(24)12-15/h1-7,12-14H,8-11H2,(H,26,30). The molecular weight excluding hydrogens is 410 g/mol. The Bertz CT molecular complexity index is 1050. The van der Waals surface area contributed by atoms with E-state index in [0.29, 0.717) is 42.9 Å². The van der Waals surface area contributed by atoms with Gasteiger partial charge >= 0.3 is 0 Å². The molecule has 4 rings (SSSR count). The lowest BCUT2D eigenvalue weighted by molar-refractivity contribution is -0.120.